The first-order valence-corrected chi connectivity index (χ1v) is 9.20. The molecule has 25 heavy (non-hydrogen) atoms. The molecule has 0 fully saturated rings. The van der Waals surface area contributed by atoms with Gasteiger partial charge in [0.1, 0.15) is 11.6 Å². The van der Waals surface area contributed by atoms with Crippen LogP contribution in [0, 0.1) is 0 Å². The Kier molecular flexibility index (Phi) is 4.29. The number of hydrogen-bond acceptors (Lipinski definition) is 4. The Bertz CT molecular complexity index is 784. The minimum atomic E-state index is 0.184. The fourth-order valence-electron chi connectivity index (χ4n) is 4.00. The summed E-state index contributed by atoms with van der Waals surface area (Å²) in [5.74, 6) is 2.20. The van der Waals surface area contributed by atoms with Gasteiger partial charge in [-0.25, -0.2) is 0 Å². The molecule has 0 saturated heterocycles. The van der Waals surface area contributed by atoms with E-state index < -0.39 is 0 Å². The first kappa shape index (κ1) is 16.3. The van der Waals surface area contributed by atoms with Crippen LogP contribution in [0.1, 0.15) is 37.5 Å². The molecular weight excluding hydrogens is 314 g/mol. The first-order chi connectivity index (χ1) is 12.2. The number of para-hydroxylation sites is 1. The second-order valence-corrected chi connectivity index (χ2v) is 7.03. The molecule has 0 aliphatic carbocycles. The summed E-state index contributed by atoms with van der Waals surface area (Å²) in [6, 6.07) is 8.54. The second-order valence-electron chi connectivity index (χ2n) is 7.03. The van der Waals surface area contributed by atoms with Gasteiger partial charge in [-0.15, -0.1) is 10.2 Å². The fourth-order valence-corrected chi connectivity index (χ4v) is 4.00. The summed E-state index contributed by atoms with van der Waals surface area (Å²) >= 11 is 0. The largest absolute Gasteiger partial charge is 0.313 e. The predicted octanol–water partition coefficient (Wildman–Crippen LogP) is 2.02. The molecule has 0 spiro atoms. The minimum Gasteiger partial charge on any atom is -0.313 e. The maximum atomic E-state index is 13.1. The SMILES string of the molecule is CCc1nnc2n1CCN(CC(=O)N1c3ccccc3CCC1C)C2. The average Bonchev–Trinajstić information content (AvgIpc) is 3.03. The van der Waals surface area contributed by atoms with Crippen LogP contribution in [0.5, 0.6) is 0 Å². The molecule has 2 aliphatic heterocycles. The summed E-state index contributed by atoms with van der Waals surface area (Å²) < 4.78 is 2.19. The van der Waals surface area contributed by atoms with Gasteiger partial charge in [0, 0.05) is 31.2 Å². The third kappa shape index (κ3) is 2.95. The number of amides is 1. The van der Waals surface area contributed by atoms with Crippen LogP contribution in [0.3, 0.4) is 0 Å². The molecule has 6 heteroatoms. The molecule has 2 aliphatic rings. The molecule has 0 radical (unpaired) electrons. The van der Waals surface area contributed by atoms with Crippen molar-refractivity contribution in [3.8, 4) is 0 Å². The van der Waals surface area contributed by atoms with E-state index in [-0.39, 0.29) is 11.9 Å². The molecule has 6 nitrogen and oxygen atoms in total. The number of carbonyl (C=O) groups excluding carboxylic acids is 1. The molecule has 0 N–H and O–H groups in total. The molecule has 1 atom stereocenters. The van der Waals surface area contributed by atoms with Gasteiger partial charge >= 0.3 is 0 Å². The molecule has 1 aromatic carbocycles. The number of rotatable bonds is 3. The van der Waals surface area contributed by atoms with E-state index in [0.717, 1.165) is 49.7 Å². The van der Waals surface area contributed by atoms with E-state index in [1.165, 1.54) is 5.56 Å². The van der Waals surface area contributed by atoms with Gasteiger partial charge in [-0.2, -0.15) is 0 Å². The highest BCUT2D eigenvalue weighted by Crippen LogP contribution is 2.30. The third-order valence-corrected chi connectivity index (χ3v) is 5.38. The van der Waals surface area contributed by atoms with Crippen LogP contribution in [0.15, 0.2) is 24.3 Å². The number of aryl methyl sites for hydroxylation is 2. The van der Waals surface area contributed by atoms with Crippen molar-refractivity contribution in [2.45, 2.75) is 52.2 Å². The lowest BCUT2D eigenvalue weighted by atomic mass is 9.96. The highest BCUT2D eigenvalue weighted by atomic mass is 16.2. The van der Waals surface area contributed by atoms with Crippen LogP contribution in [0.25, 0.3) is 0 Å². The number of nitrogens with zero attached hydrogens (tertiary/aromatic N) is 5. The first-order valence-electron chi connectivity index (χ1n) is 9.20. The number of aromatic nitrogens is 3. The zero-order valence-electron chi connectivity index (χ0n) is 15.0. The minimum absolute atomic E-state index is 0.184. The molecule has 1 unspecified atom stereocenters. The molecule has 132 valence electrons. The molecular formula is C19H25N5O. The van der Waals surface area contributed by atoms with Crippen molar-refractivity contribution in [2.24, 2.45) is 0 Å². The van der Waals surface area contributed by atoms with Crippen LogP contribution < -0.4 is 4.90 Å². The number of carbonyl (C=O) groups is 1. The Morgan fingerprint density at radius 2 is 2.08 bits per heavy atom. The number of benzene rings is 1. The van der Waals surface area contributed by atoms with Gasteiger partial charge < -0.3 is 9.47 Å². The summed E-state index contributed by atoms with van der Waals surface area (Å²) in [5.41, 5.74) is 2.36. The second kappa shape index (κ2) is 6.59. The zero-order chi connectivity index (χ0) is 17.4. The Balaban J connectivity index is 1.49. The van der Waals surface area contributed by atoms with E-state index in [0.29, 0.717) is 13.1 Å². The van der Waals surface area contributed by atoms with Gasteiger partial charge in [0.15, 0.2) is 0 Å². The molecule has 4 rings (SSSR count). The van der Waals surface area contributed by atoms with Gasteiger partial charge in [0.25, 0.3) is 0 Å². The van der Waals surface area contributed by atoms with Crippen LogP contribution >= 0.6 is 0 Å². The van der Waals surface area contributed by atoms with E-state index >= 15 is 0 Å². The van der Waals surface area contributed by atoms with E-state index in [4.69, 9.17) is 0 Å². The normalized spacial score (nSPS) is 20.2. The van der Waals surface area contributed by atoms with Crippen molar-refractivity contribution in [3.63, 3.8) is 0 Å². The van der Waals surface area contributed by atoms with Gasteiger partial charge in [-0.05, 0) is 31.4 Å². The van der Waals surface area contributed by atoms with Gasteiger partial charge in [0.2, 0.25) is 5.91 Å². The van der Waals surface area contributed by atoms with Crippen LogP contribution in [0.2, 0.25) is 0 Å². The van der Waals surface area contributed by atoms with Crippen molar-refractivity contribution < 1.29 is 4.79 Å². The van der Waals surface area contributed by atoms with Crippen molar-refractivity contribution in [1.82, 2.24) is 19.7 Å². The summed E-state index contributed by atoms with van der Waals surface area (Å²) in [6.07, 6.45) is 2.97. The average molecular weight is 339 g/mol. The van der Waals surface area contributed by atoms with Crippen molar-refractivity contribution in [1.29, 1.82) is 0 Å². The standard InChI is InChI=1S/C19H25N5O/c1-3-17-20-21-18-12-22(10-11-23(17)18)13-19(25)24-14(2)8-9-15-6-4-5-7-16(15)24/h4-7,14H,3,8-13H2,1-2H3. The monoisotopic (exact) mass is 339 g/mol. The highest BCUT2D eigenvalue weighted by molar-refractivity contribution is 5.96. The third-order valence-electron chi connectivity index (χ3n) is 5.38. The molecule has 2 aromatic rings. The van der Waals surface area contributed by atoms with E-state index in [2.05, 4.69) is 51.7 Å². The lowest BCUT2D eigenvalue weighted by Crippen LogP contribution is -2.48. The smallest absolute Gasteiger partial charge is 0.241 e. The van der Waals surface area contributed by atoms with E-state index in [9.17, 15) is 4.79 Å². The van der Waals surface area contributed by atoms with Crippen molar-refractivity contribution >= 4 is 11.6 Å². The van der Waals surface area contributed by atoms with E-state index in [1.807, 2.05) is 11.0 Å². The molecule has 1 amide bonds. The summed E-state index contributed by atoms with van der Waals surface area (Å²) in [7, 11) is 0. The summed E-state index contributed by atoms with van der Waals surface area (Å²) in [4.78, 5) is 17.2. The van der Waals surface area contributed by atoms with Gasteiger partial charge in [-0.3, -0.25) is 9.69 Å². The Hall–Kier alpha value is -2.21. The number of hydrogen-bond donors (Lipinski definition) is 0. The summed E-state index contributed by atoms with van der Waals surface area (Å²) in [5, 5.41) is 8.55. The number of anilines is 1. The molecule has 0 bridgehead atoms. The lowest BCUT2D eigenvalue weighted by molar-refractivity contribution is -0.120. The lowest BCUT2D eigenvalue weighted by Gasteiger charge is -2.37. The zero-order valence-corrected chi connectivity index (χ0v) is 15.0. The molecule has 0 saturated carbocycles. The van der Waals surface area contributed by atoms with Crippen molar-refractivity contribution in [2.75, 3.05) is 18.0 Å². The van der Waals surface area contributed by atoms with Crippen LogP contribution in [0.4, 0.5) is 5.69 Å². The molecule has 1 aromatic heterocycles. The van der Waals surface area contributed by atoms with Crippen LogP contribution in [-0.4, -0.2) is 44.7 Å². The van der Waals surface area contributed by atoms with Crippen LogP contribution in [-0.2, 0) is 30.7 Å². The highest BCUT2D eigenvalue weighted by Gasteiger charge is 2.30. The number of fused-ring (bicyclic) bond motifs is 2. The maximum Gasteiger partial charge on any atom is 0.241 e. The fraction of sp³-hybridized carbons (Fsp3) is 0.526. The maximum absolute atomic E-state index is 13.1. The Labute approximate surface area is 148 Å². The Morgan fingerprint density at radius 3 is 2.92 bits per heavy atom. The Morgan fingerprint density at radius 1 is 1.24 bits per heavy atom. The predicted molar refractivity (Wildman–Crippen MR) is 96.4 cm³/mol. The summed E-state index contributed by atoms with van der Waals surface area (Å²) in [6.45, 7) is 7.12. The quantitative estimate of drug-likeness (QED) is 0.858. The molecule has 3 heterocycles. The van der Waals surface area contributed by atoms with E-state index in [1.54, 1.807) is 0 Å². The van der Waals surface area contributed by atoms with Gasteiger partial charge in [0.05, 0.1) is 13.1 Å². The van der Waals surface area contributed by atoms with Gasteiger partial charge in [-0.1, -0.05) is 25.1 Å². The topological polar surface area (TPSA) is 54.3 Å². The van der Waals surface area contributed by atoms with Crippen molar-refractivity contribution in [3.05, 3.63) is 41.5 Å².